The number of thiol groups is 1. The Labute approximate surface area is 592 Å². The molecular formula is C84H163BrO6S. The highest BCUT2D eigenvalue weighted by atomic mass is 79.9. The molecule has 0 aliphatic heterocycles. The normalized spacial score (nSPS) is 10.4. The Morgan fingerprint density at radius 3 is 1.07 bits per heavy atom. The quantitative estimate of drug-likeness (QED) is 0.0292. The van der Waals surface area contributed by atoms with Crippen molar-refractivity contribution in [3.05, 3.63) is 130 Å². The van der Waals surface area contributed by atoms with Crippen molar-refractivity contribution in [2.75, 3.05) is 19.0 Å². The number of unbranched alkanes of at least 4 members (excludes halogenated alkanes) is 2. The van der Waals surface area contributed by atoms with E-state index in [1.807, 2.05) is 39.0 Å². The molecule has 8 heteroatoms. The lowest BCUT2D eigenvalue weighted by atomic mass is 9.87. The van der Waals surface area contributed by atoms with Gasteiger partial charge in [-0.3, -0.25) is 0 Å². The van der Waals surface area contributed by atoms with E-state index >= 15 is 0 Å². The third kappa shape index (κ3) is 97.6. The van der Waals surface area contributed by atoms with Gasteiger partial charge in [0.15, 0.2) is 17.2 Å². The van der Waals surface area contributed by atoms with Crippen molar-refractivity contribution in [1.82, 2.24) is 0 Å². The minimum absolute atomic E-state index is 0. The van der Waals surface area contributed by atoms with Gasteiger partial charge in [-0.1, -0.05) is 340 Å². The Kier molecular flexibility index (Phi) is 79.6. The monoisotopic (exact) mass is 1380 g/mol. The van der Waals surface area contributed by atoms with Crippen molar-refractivity contribution < 1.29 is 30.6 Å². The van der Waals surface area contributed by atoms with E-state index in [4.69, 9.17) is 20.4 Å². The predicted octanol–water partition coefficient (Wildman–Crippen LogP) is 28.1. The molecule has 0 spiro atoms. The third-order valence-electron chi connectivity index (χ3n) is 11.4. The van der Waals surface area contributed by atoms with Gasteiger partial charge in [0, 0.05) is 17.7 Å². The number of allylic oxidation sites excluding steroid dienone is 1. The van der Waals surface area contributed by atoms with Crippen LogP contribution in [0.3, 0.4) is 0 Å². The van der Waals surface area contributed by atoms with Gasteiger partial charge in [0.25, 0.3) is 0 Å². The van der Waals surface area contributed by atoms with Crippen LogP contribution in [-0.4, -0.2) is 49.6 Å². The second kappa shape index (κ2) is 64.9. The molecule has 4 rings (SSSR count). The molecule has 92 heavy (non-hydrogen) atoms. The number of rotatable bonds is 14. The van der Waals surface area contributed by atoms with Crippen molar-refractivity contribution in [1.29, 1.82) is 0 Å². The topological polar surface area (TPSA) is 121 Å². The molecule has 0 aromatic heterocycles. The summed E-state index contributed by atoms with van der Waals surface area (Å²) in [6, 6.07) is 29.3. The number of hydrogen-bond donors (Lipinski definition) is 7. The van der Waals surface area contributed by atoms with Gasteiger partial charge >= 0.3 is 0 Å². The summed E-state index contributed by atoms with van der Waals surface area (Å²) < 4.78 is 1.15. The Bertz CT molecular complexity index is 2060. The van der Waals surface area contributed by atoms with E-state index in [9.17, 15) is 10.2 Å². The van der Waals surface area contributed by atoms with E-state index in [1.165, 1.54) is 67.3 Å². The van der Waals surface area contributed by atoms with E-state index in [-0.39, 0.29) is 52.0 Å². The van der Waals surface area contributed by atoms with Crippen LogP contribution in [0.2, 0.25) is 0 Å². The first kappa shape index (κ1) is 113. The third-order valence-corrected chi connectivity index (χ3v) is 12.2. The molecule has 0 aliphatic rings. The fourth-order valence-corrected chi connectivity index (χ4v) is 6.99. The highest BCUT2D eigenvalue weighted by Gasteiger charge is 2.18. The van der Waals surface area contributed by atoms with Gasteiger partial charge in [-0.15, -0.1) is 6.58 Å². The van der Waals surface area contributed by atoms with Crippen molar-refractivity contribution in [3.8, 4) is 23.0 Å². The molecular weight excluding hydrogens is 1220 g/mol. The van der Waals surface area contributed by atoms with Crippen molar-refractivity contribution >= 4 is 28.6 Å². The maximum absolute atomic E-state index is 9.23. The summed E-state index contributed by atoms with van der Waals surface area (Å²) in [4.78, 5) is 0. The molecule has 4 aromatic rings. The summed E-state index contributed by atoms with van der Waals surface area (Å²) in [7, 11) is 0. The van der Waals surface area contributed by atoms with Crippen molar-refractivity contribution in [3.63, 3.8) is 0 Å². The first-order valence-electron chi connectivity index (χ1n) is 33.3. The zero-order chi connectivity index (χ0) is 70.7. The van der Waals surface area contributed by atoms with Gasteiger partial charge in [0.05, 0.1) is 0 Å². The lowest BCUT2D eigenvalue weighted by Gasteiger charge is -2.19. The van der Waals surface area contributed by atoms with Crippen LogP contribution >= 0.6 is 28.6 Å². The van der Waals surface area contributed by atoms with Crippen LogP contribution in [0.25, 0.3) is 0 Å². The van der Waals surface area contributed by atoms with Crippen molar-refractivity contribution in [2.45, 2.75) is 318 Å². The van der Waals surface area contributed by atoms with Crippen LogP contribution < -0.4 is 0 Å². The maximum atomic E-state index is 9.23. The molecule has 0 bridgehead atoms. The lowest BCUT2D eigenvalue weighted by molar-refractivity contribution is 0.251. The van der Waals surface area contributed by atoms with Gasteiger partial charge in [0.1, 0.15) is 5.75 Å². The molecule has 548 valence electrons. The molecule has 0 fully saturated rings. The highest BCUT2D eigenvalue weighted by molar-refractivity contribution is 9.10. The summed E-state index contributed by atoms with van der Waals surface area (Å²) in [5.74, 6) is 4.92. The second-order valence-corrected chi connectivity index (χ2v) is 32.8. The van der Waals surface area contributed by atoms with E-state index in [1.54, 1.807) is 12.1 Å². The Morgan fingerprint density at radius 2 is 0.837 bits per heavy atom. The van der Waals surface area contributed by atoms with Crippen LogP contribution in [0.15, 0.2) is 108 Å². The fourth-order valence-electron chi connectivity index (χ4n) is 6.21. The molecule has 6 nitrogen and oxygen atoms in total. The van der Waals surface area contributed by atoms with Crippen LogP contribution in [0.5, 0.6) is 23.0 Å². The summed E-state index contributed by atoms with van der Waals surface area (Å²) in [5, 5.41) is 53.4. The van der Waals surface area contributed by atoms with Crippen molar-refractivity contribution in [2.24, 2.45) is 45.8 Å². The number of halogens is 1. The van der Waals surface area contributed by atoms with E-state index in [0.29, 0.717) is 47.0 Å². The average molecular weight is 1380 g/mol. The maximum Gasteiger partial charge on any atom is 0.200 e. The molecule has 0 atom stereocenters. The number of phenolic OH excluding ortho intramolecular Hbond substituents is 4. The molecule has 6 N–H and O–H groups in total. The number of aliphatic hydroxyl groups is 2. The number of aromatic hydroxyl groups is 4. The summed E-state index contributed by atoms with van der Waals surface area (Å²) in [6.45, 7) is 69.2. The average Bonchev–Trinajstić information content (AvgIpc) is 0.978. The predicted molar refractivity (Wildman–Crippen MR) is 432 cm³/mol. The van der Waals surface area contributed by atoms with Gasteiger partial charge in [-0.2, -0.15) is 12.6 Å². The van der Waals surface area contributed by atoms with Gasteiger partial charge in [0.2, 0.25) is 0 Å². The fraction of sp³-hybridized carbons (Fsp3) is 0.690. The number of phenols is 4. The first-order chi connectivity index (χ1) is 40.0. The standard InChI is InChI=1S/C10H14O3.C10H14O.C10H14.C9H11Br.C8H18.2C7H16O.C5H12S.C5H12.C5H10.C4H10.4CH4/c1-10(2,3)6-4-7(11)9(13)8(12)5-6;1-10(2,3)8-4-6-9(11)7-5-8;1-9(2)8-10-6-4-3-5-7-10;1-7(2)8-3-5-9(10)6-4-8;1-4-5-6-7-8(2)3;2*1-7(2,3)5-4-6-8;1-5(2)3-4-6;1-5(2,3)4;1-4-5(2)3;1-4(2)3;;;;/h4-5,11-13H,1-3H3;4-7,11H,1-3H3;3-7,9H,8H2,1-2H3;3-7H,1-2H3;8H,4-7H2,1-3H3;2*8H,4-6H2,1-3H3;5-6H,3-4H2,1-2H3;1-4H3;4-5H,1H2,2-3H3;4H,1-3H3;4*1H4. The van der Waals surface area contributed by atoms with Crippen LogP contribution in [-0.2, 0) is 17.3 Å². The zero-order valence-corrected chi connectivity index (χ0v) is 65.6. The molecule has 0 saturated heterocycles. The van der Waals surface area contributed by atoms with Gasteiger partial charge < -0.3 is 30.6 Å². The van der Waals surface area contributed by atoms with Gasteiger partial charge in [-0.25, -0.2) is 0 Å². The molecule has 0 amide bonds. The Morgan fingerprint density at radius 1 is 0.489 bits per heavy atom. The molecule has 0 saturated carbocycles. The number of aliphatic hydroxyl groups excluding tert-OH is 2. The molecule has 0 radical (unpaired) electrons. The summed E-state index contributed by atoms with van der Waals surface area (Å²) in [6.07, 6.45) is 14.1. The first-order valence-corrected chi connectivity index (χ1v) is 34.7. The number of benzene rings is 4. The number of hydrogen-bond acceptors (Lipinski definition) is 7. The molecule has 0 heterocycles. The van der Waals surface area contributed by atoms with E-state index in [2.05, 4.69) is 277 Å². The summed E-state index contributed by atoms with van der Waals surface area (Å²) in [5.41, 5.74) is 6.15. The highest BCUT2D eigenvalue weighted by Crippen LogP contribution is 2.39. The smallest absolute Gasteiger partial charge is 0.200 e. The SMILES string of the molecule is C.C.C.C.C=CC(C)C.CC(C)(C)C.CC(C)(C)CCCO.CC(C)(C)CCCO.CC(C)(C)c1cc(O)c(O)c(O)c1.CC(C)(C)c1ccc(O)cc1.CC(C)C.CC(C)CCS.CC(C)Cc1ccccc1.CC(C)c1ccc(Br)cc1.CCCCCC(C)C. The van der Waals surface area contributed by atoms with E-state index < -0.39 is 5.75 Å². The largest absolute Gasteiger partial charge is 0.508 e. The van der Waals surface area contributed by atoms with Crippen LogP contribution in [0, 0.1) is 45.8 Å². The molecule has 0 aliphatic carbocycles. The molecule has 4 aromatic carbocycles. The Balaban J connectivity index is -0.0000000881. The van der Waals surface area contributed by atoms with E-state index in [0.717, 1.165) is 65.1 Å². The minimum Gasteiger partial charge on any atom is -0.508 e. The lowest BCUT2D eigenvalue weighted by Crippen LogP contribution is -2.10. The second-order valence-electron chi connectivity index (χ2n) is 31.5. The zero-order valence-electron chi connectivity index (χ0n) is 63.1. The minimum atomic E-state index is -0.465. The van der Waals surface area contributed by atoms with Crippen LogP contribution in [0.1, 0.15) is 323 Å². The molecule has 0 unspecified atom stereocenters. The van der Waals surface area contributed by atoms with Crippen LogP contribution in [0.4, 0.5) is 0 Å². The summed E-state index contributed by atoms with van der Waals surface area (Å²) >= 11 is 7.45. The Hall–Kier alpha value is -3.43. The van der Waals surface area contributed by atoms with Gasteiger partial charge in [-0.05, 0) is 166 Å².